The van der Waals surface area contributed by atoms with Crippen molar-refractivity contribution in [3.63, 3.8) is 0 Å². The molecule has 1 N–H and O–H groups in total. The summed E-state index contributed by atoms with van der Waals surface area (Å²) in [5, 5.41) is 8.51. The lowest BCUT2D eigenvalue weighted by molar-refractivity contribution is 0.0653. The second kappa shape index (κ2) is 7.89. The monoisotopic (exact) mass is 390 g/mol. The van der Waals surface area contributed by atoms with E-state index in [1.807, 2.05) is 36.4 Å². The summed E-state index contributed by atoms with van der Waals surface area (Å²) in [7, 11) is -3.32. The van der Waals surface area contributed by atoms with E-state index in [1.54, 1.807) is 13.8 Å². The second-order valence-electron chi connectivity index (χ2n) is 6.69. The largest absolute Gasteiger partial charge is 0.381 e. The van der Waals surface area contributed by atoms with Gasteiger partial charge >= 0.3 is 0 Å². The predicted octanol–water partition coefficient (Wildman–Crippen LogP) is 3.49. The van der Waals surface area contributed by atoms with Crippen molar-refractivity contribution < 1.29 is 13.2 Å². The van der Waals surface area contributed by atoms with Gasteiger partial charge in [-0.05, 0) is 43.5 Å². The summed E-state index contributed by atoms with van der Waals surface area (Å²) >= 11 is 1.46. The number of sulfonamides is 1. The average molecular weight is 391 g/mol. The molecule has 2 heterocycles. The van der Waals surface area contributed by atoms with E-state index < -0.39 is 15.3 Å². The highest BCUT2D eigenvalue weighted by molar-refractivity contribution is 7.90. The van der Waals surface area contributed by atoms with Gasteiger partial charge < -0.3 is 4.74 Å². The molecular formula is C19H22N2O3S2. The van der Waals surface area contributed by atoms with Gasteiger partial charge in [0.25, 0.3) is 0 Å². The smallest absolute Gasteiger partial charge is 0.214 e. The maximum atomic E-state index is 12.3. The average Bonchev–Trinajstić information content (AvgIpc) is 3.11. The number of nitrogens with one attached hydrogen (secondary N) is 1. The molecule has 138 valence electrons. The summed E-state index contributed by atoms with van der Waals surface area (Å²) in [6.45, 7) is 4.43. The van der Waals surface area contributed by atoms with Gasteiger partial charge in [0, 0.05) is 23.4 Å². The Bertz CT molecular complexity index is 896. The number of hydrogen-bond donors (Lipinski definition) is 1. The van der Waals surface area contributed by atoms with Crippen LogP contribution in [0.15, 0.2) is 36.4 Å². The van der Waals surface area contributed by atoms with E-state index in [4.69, 9.17) is 10.00 Å². The standard InChI is InChI=1S/C19H22N2O3S2/c1-13(2)26(22,23)21-18-9-10-24-12-17(18)14-3-5-15(6-4-14)19-8-7-16(11-20)25-19/h3-8,13,17-18,21H,9-10,12H2,1-2H3/t17-,18+/m0/s1. The Kier molecular flexibility index (Phi) is 5.78. The number of ether oxygens (including phenoxy) is 1. The first-order chi connectivity index (χ1) is 12.4. The van der Waals surface area contributed by atoms with Crippen LogP contribution in [0.4, 0.5) is 0 Å². The minimum Gasteiger partial charge on any atom is -0.381 e. The summed E-state index contributed by atoms with van der Waals surface area (Å²) in [6, 6.07) is 13.8. The second-order valence-corrected chi connectivity index (χ2v) is 10.0. The lowest BCUT2D eigenvalue weighted by Crippen LogP contribution is -2.46. The molecule has 0 spiro atoms. The normalized spacial score (nSPS) is 20.8. The molecule has 1 aliphatic rings. The summed E-state index contributed by atoms with van der Waals surface area (Å²) in [6.07, 6.45) is 0.662. The highest BCUT2D eigenvalue weighted by Crippen LogP contribution is 2.31. The van der Waals surface area contributed by atoms with Gasteiger partial charge in [-0.3, -0.25) is 0 Å². The van der Waals surface area contributed by atoms with E-state index in [0.29, 0.717) is 24.5 Å². The van der Waals surface area contributed by atoms with Crippen LogP contribution in [-0.2, 0) is 14.8 Å². The summed E-state index contributed by atoms with van der Waals surface area (Å²) in [4.78, 5) is 1.73. The summed E-state index contributed by atoms with van der Waals surface area (Å²) < 4.78 is 33.0. The van der Waals surface area contributed by atoms with Crippen LogP contribution in [0.5, 0.6) is 0 Å². The minimum atomic E-state index is -3.32. The maximum absolute atomic E-state index is 12.3. The predicted molar refractivity (Wildman–Crippen MR) is 104 cm³/mol. The van der Waals surface area contributed by atoms with E-state index in [-0.39, 0.29) is 12.0 Å². The van der Waals surface area contributed by atoms with Crippen molar-refractivity contribution in [1.29, 1.82) is 5.26 Å². The van der Waals surface area contributed by atoms with Gasteiger partial charge in [-0.2, -0.15) is 5.26 Å². The van der Waals surface area contributed by atoms with Gasteiger partial charge in [-0.25, -0.2) is 13.1 Å². The van der Waals surface area contributed by atoms with E-state index in [1.165, 1.54) is 11.3 Å². The lowest BCUT2D eigenvalue weighted by atomic mass is 9.89. The Morgan fingerprint density at radius 3 is 2.58 bits per heavy atom. The first-order valence-corrected chi connectivity index (χ1v) is 11.0. The lowest BCUT2D eigenvalue weighted by Gasteiger charge is -2.33. The molecule has 1 aromatic heterocycles. The third kappa shape index (κ3) is 4.15. The van der Waals surface area contributed by atoms with Gasteiger partial charge in [-0.15, -0.1) is 11.3 Å². The SMILES string of the molecule is CC(C)S(=O)(=O)N[C@@H]1CCOC[C@H]1c1ccc(-c2ccc(C#N)s2)cc1. The Morgan fingerprint density at radius 2 is 1.96 bits per heavy atom. The molecule has 26 heavy (non-hydrogen) atoms. The Morgan fingerprint density at radius 1 is 1.23 bits per heavy atom. The number of nitrogens with zero attached hydrogens (tertiary/aromatic N) is 1. The molecule has 3 rings (SSSR count). The molecule has 1 saturated heterocycles. The first kappa shape index (κ1) is 19.1. The fraction of sp³-hybridized carbons (Fsp3) is 0.421. The molecule has 5 nitrogen and oxygen atoms in total. The molecule has 0 unspecified atom stereocenters. The number of rotatable bonds is 5. The van der Waals surface area contributed by atoms with Gasteiger partial charge in [0.15, 0.2) is 0 Å². The highest BCUT2D eigenvalue weighted by Gasteiger charge is 2.31. The molecule has 0 radical (unpaired) electrons. The van der Waals surface area contributed by atoms with Crippen LogP contribution >= 0.6 is 11.3 Å². The minimum absolute atomic E-state index is 0.00988. The van der Waals surface area contributed by atoms with E-state index in [9.17, 15) is 8.42 Å². The topological polar surface area (TPSA) is 79.2 Å². The molecule has 0 amide bonds. The molecule has 1 fully saturated rings. The fourth-order valence-corrected chi connectivity index (χ4v) is 4.79. The van der Waals surface area contributed by atoms with Crippen molar-refractivity contribution in [3.8, 4) is 16.5 Å². The van der Waals surface area contributed by atoms with Crippen molar-refractivity contribution >= 4 is 21.4 Å². The zero-order chi connectivity index (χ0) is 18.7. The summed E-state index contributed by atoms with van der Waals surface area (Å²) in [5.41, 5.74) is 2.11. The Balaban J connectivity index is 1.81. The number of benzene rings is 1. The van der Waals surface area contributed by atoms with Crippen molar-refractivity contribution in [1.82, 2.24) is 4.72 Å². The van der Waals surface area contributed by atoms with E-state index in [0.717, 1.165) is 16.0 Å². The number of hydrogen-bond acceptors (Lipinski definition) is 5. The maximum Gasteiger partial charge on any atom is 0.214 e. The van der Waals surface area contributed by atoms with E-state index in [2.05, 4.69) is 10.8 Å². The van der Waals surface area contributed by atoms with Crippen LogP contribution < -0.4 is 4.72 Å². The molecule has 0 saturated carbocycles. The number of thiophene rings is 1. The molecule has 2 atom stereocenters. The van der Waals surface area contributed by atoms with Crippen LogP contribution in [-0.4, -0.2) is 32.9 Å². The van der Waals surface area contributed by atoms with Crippen molar-refractivity contribution in [2.75, 3.05) is 13.2 Å². The molecule has 7 heteroatoms. The zero-order valence-electron chi connectivity index (χ0n) is 14.8. The zero-order valence-corrected chi connectivity index (χ0v) is 16.4. The molecular weight excluding hydrogens is 368 g/mol. The van der Waals surface area contributed by atoms with Gasteiger partial charge in [-0.1, -0.05) is 24.3 Å². The third-order valence-corrected chi connectivity index (χ3v) is 7.54. The van der Waals surface area contributed by atoms with Crippen LogP contribution in [0.25, 0.3) is 10.4 Å². The first-order valence-electron chi connectivity index (χ1n) is 8.60. The van der Waals surface area contributed by atoms with Crippen LogP contribution in [0.3, 0.4) is 0 Å². The van der Waals surface area contributed by atoms with Crippen LogP contribution in [0, 0.1) is 11.3 Å². The van der Waals surface area contributed by atoms with Crippen molar-refractivity contribution in [2.24, 2.45) is 0 Å². The molecule has 2 aromatic rings. The van der Waals surface area contributed by atoms with Crippen molar-refractivity contribution in [2.45, 2.75) is 37.5 Å². The fourth-order valence-electron chi connectivity index (χ4n) is 3.00. The highest BCUT2D eigenvalue weighted by atomic mass is 32.2. The number of nitriles is 1. The van der Waals surface area contributed by atoms with Gasteiger partial charge in [0.05, 0.1) is 11.9 Å². The molecule has 0 bridgehead atoms. The van der Waals surface area contributed by atoms with Gasteiger partial charge in [0.2, 0.25) is 10.0 Å². The molecule has 1 aromatic carbocycles. The van der Waals surface area contributed by atoms with Crippen LogP contribution in [0.1, 0.15) is 36.6 Å². The van der Waals surface area contributed by atoms with Gasteiger partial charge in [0.1, 0.15) is 10.9 Å². The quantitative estimate of drug-likeness (QED) is 0.848. The molecule has 0 aliphatic carbocycles. The van der Waals surface area contributed by atoms with E-state index >= 15 is 0 Å². The van der Waals surface area contributed by atoms with Crippen LogP contribution in [0.2, 0.25) is 0 Å². The Hall–Kier alpha value is -1.72. The van der Waals surface area contributed by atoms with Crippen molar-refractivity contribution in [3.05, 3.63) is 46.8 Å². The molecule has 1 aliphatic heterocycles. The Labute approximate surface area is 158 Å². The summed E-state index contributed by atoms with van der Waals surface area (Å²) in [5.74, 6) is -0.00988. The third-order valence-electron chi connectivity index (χ3n) is 4.63.